The van der Waals surface area contributed by atoms with Gasteiger partial charge < -0.3 is 5.32 Å². The van der Waals surface area contributed by atoms with Crippen LogP contribution in [-0.2, 0) is 18.4 Å². The van der Waals surface area contributed by atoms with E-state index in [0.29, 0.717) is 32.4 Å². The number of rotatable bonds is 4. The first-order chi connectivity index (χ1) is 13.0. The van der Waals surface area contributed by atoms with Gasteiger partial charge in [-0.25, -0.2) is 4.98 Å². The summed E-state index contributed by atoms with van der Waals surface area (Å²) in [5.74, 6) is 0.0646. The molecule has 0 atom stereocenters. The molecule has 1 amide bonds. The van der Waals surface area contributed by atoms with E-state index in [2.05, 4.69) is 20.4 Å². The Hall–Kier alpha value is -3.04. The fraction of sp³-hybridized carbons (Fsp3) is 0.118. The summed E-state index contributed by atoms with van der Waals surface area (Å²) >= 11 is 7.52. The molecule has 136 valence electrons. The number of carbonyl (C=O) groups is 1. The van der Waals surface area contributed by atoms with Gasteiger partial charge in [-0.1, -0.05) is 11.6 Å². The molecule has 0 radical (unpaired) electrons. The van der Waals surface area contributed by atoms with Crippen LogP contribution in [0.15, 0.2) is 47.0 Å². The third-order valence-corrected chi connectivity index (χ3v) is 5.20. The number of carbonyl (C=O) groups excluding carboxylic acids is 1. The van der Waals surface area contributed by atoms with E-state index >= 15 is 0 Å². The number of aryl methyl sites for hydroxylation is 1. The summed E-state index contributed by atoms with van der Waals surface area (Å²) in [5.41, 5.74) is 1.52. The molecular weight excluding hydrogens is 388 g/mol. The van der Waals surface area contributed by atoms with Gasteiger partial charge in [0, 0.05) is 24.7 Å². The fourth-order valence-corrected chi connectivity index (χ4v) is 3.89. The number of fused-ring (bicyclic) bond motifs is 1. The van der Waals surface area contributed by atoms with Crippen LogP contribution in [0.4, 0.5) is 5.00 Å². The second kappa shape index (κ2) is 6.93. The molecule has 0 aliphatic rings. The molecule has 4 heterocycles. The quantitative estimate of drug-likeness (QED) is 0.568. The van der Waals surface area contributed by atoms with Crippen molar-refractivity contribution in [2.75, 3.05) is 5.32 Å². The Morgan fingerprint density at radius 3 is 2.93 bits per heavy atom. The average molecular weight is 401 g/mol. The lowest BCUT2D eigenvalue weighted by atomic mass is 10.3. The van der Waals surface area contributed by atoms with Gasteiger partial charge in [-0.05, 0) is 18.2 Å². The maximum atomic E-state index is 12.6. The number of aromatic nitrogens is 5. The number of hydrogen-bond acceptors (Lipinski definition) is 6. The summed E-state index contributed by atoms with van der Waals surface area (Å²) in [6.07, 6.45) is 3.19. The molecule has 0 bridgehead atoms. The summed E-state index contributed by atoms with van der Waals surface area (Å²) in [7, 11) is 1.75. The summed E-state index contributed by atoms with van der Waals surface area (Å²) in [6.45, 7) is -0.146. The molecule has 0 fully saturated rings. The number of halogens is 1. The minimum absolute atomic E-state index is 0.146. The topological polar surface area (TPSA) is 94.7 Å². The lowest BCUT2D eigenvalue weighted by molar-refractivity contribution is -0.116. The number of nitrogens with one attached hydrogen (secondary N) is 1. The van der Waals surface area contributed by atoms with E-state index in [-0.39, 0.29) is 18.0 Å². The largest absolute Gasteiger partial charge is 0.315 e. The first kappa shape index (κ1) is 17.4. The third kappa shape index (κ3) is 3.34. The van der Waals surface area contributed by atoms with Crippen molar-refractivity contribution >= 4 is 44.9 Å². The van der Waals surface area contributed by atoms with E-state index < -0.39 is 0 Å². The van der Waals surface area contributed by atoms with Gasteiger partial charge in [0.1, 0.15) is 17.9 Å². The van der Waals surface area contributed by atoms with E-state index in [1.54, 1.807) is 47.8 Å². The van der Waals surface area contributed by atoms with E-state index in [9.17, 15) is 9.59 Å². The Morgan fingerprint density at radius 1 is 1.30 bits per heavy atom. The van der Waals surface area contributed by atoms with Gasteiger partial charge >= 0.3 is 0 Å². The molecule has 0 aromatic carbocycles. The number of thiophene rings is 1. The summed E-state index contributed by atoms with van der Waals surface area (Å²) in [5, 5.41) is 9.73. The highest BCUT2D eigenvalue weighted by atomic mass is 35.5. The van der Waals surface area contributed by atoms with Gasteiger partial charge in [0.05, 0.1) is 21.6 Å². The molecule has 1 N–H and O–H groups in total. The predicted octanol–water partition coefficient (Wildman–Crippen LogP) is 2.55. The minimum Gasteiger partial charge on any atom is -0.315 e. The van der Waals surface area contributed by atoms with E-state index in [1.165, 1.54) is 22.0 Å². The van der Waals surface area contributed by atoms with E-state index in [4.69, 9.17) is 11.6 Å². The van der Waals surface area contributed by atoms with Crippen molar-refractivity contribution in [2.45, 2.75) is 6.54 Å². The molecule has 4 aromatic rings. The lowest BCUT2D eigenvalue weighted by Crippen LogP contribution is -2.27. The molecule has 8 nitrogen and oxygen atoms in total. The highest BCUT2D eigenvalue weighted by Gasteiger charge is 2.18. The van der Waals surface area contributed by atoms with E-state index in [0.717, 1.165) is 0 Å². The van der Waals surface area contributed by atoms with Gasteiger partial charge in [-0.2, -0.15) is 5.10 Å². The van der Waals surface area contributed by atoms with Crippen LogP contribution >= 0.6 is 22.9 Å². The second-order valence-electron chi connectivity index (χ2n) is 5.74. The van der Waals surface area contributed by atoms with Crippen molar-refractivity contribution in [2.24, 2.45) is 7.05 Å². The SMILES string of the molecule is Cn1cnc(-c2c(Cl)csc2NC(=O)Cn2c(=O)ccc3ncccc32)n1. The molecule has 4 rings (SSSR count). The highest BCUT2D eigenvalue weighted by molar-refractivity contribution is 7.15. The van der Waals surface area contributed by atoms with Crippen LogP contribution in [0.5, 0.6) is 0 Å². The van der Waals surface area contributed by atoms with Crippen molar-refractivity contribution in [3.8, 4) is 11.4 Å². The molecular formula is C17H13ClN6O2S. The summed E-state index contributed by atoms with van der Waals surface area (Å²) < 4.78 is 2.93. The second-order valence-corrected chi connectivity index (χ2v) is 7.03. The number of hydrogen-bond donors (Lipinski definition) is 1. The van der Waals surface area contributed by atoms with Crippen molar-refractivity contribution in [3.05, 3.63) is 57.5 Å². The van der Waals surface area contributed by atoms with Crippen molar-refractivity contribution in [3.63, 3.8) is 0 Å². The molecule has 0 unspecified atom stereocenters. The normalized spacial score (nSPS) is 11.0. The van der Waals surface area contributed by atoms with Gasteiger partial charge in [-0.3, -0.25) is 23.8 Å². The number of pyridine rings is 2. The average Bonchev–Trinajstić information content (AvgIpc) is 3.23. The zero-order chi connectivity index (χ0) is 19.0. The van der Waals surface area contributed by atoms with Crippen molar-refractivity contribution < 1.29 is 4.79 Å². The van der Waals surface area contributed by atoms with Gasteiger partial charge in [0.2, 0.25) is 5.91 Å². The molecule has 0 aliphatic heterocycles. The molecule has 0 spiro atoms. The van der Waals surface area contributed by atoms with Crippen LogP contribution in [0, 0.1) is 0 Å². The Balaban J connectivity index is 1.64. The highest BCUT2D eigenvalue weighted by Crippen LogP contribution is 2.38. The van der Waals surface area contributed by atoms with Gasteiger partial charge in [0.25, 0.3) is 5.56 Å². The van der Waals surface area contributed by atoms with Crippen molar-refractivity contribution in [1.82, 2.24) is 24.3 Å². The zero-order valence-electron chi connectivity index (χ0n) is 14.1. The monoisotopic (exact) mass is 400 g/mol. The first-order valence-electron chi connectivity index (χ1n) is 7.90. The first-order valence-corrected chi connectivity index (χ1v) is 9.16. The Morgan fingerprint density at radius 2 is 2.15 bits per heavy atom. The van der Waals surface area contributed by atoms with Crippen LogP contribution < -0.4 is 10.9 Å². The summed E-state index contributed by atoms with van der Waals surface area (Å²) in [4.78, 5) is 33.2. The molecule has 0 saturated heterocycles. The van der Waals surface area contributed by atoms with Crippen LogP contribution in [0.1, 0.15) is 0 Å². The molecule has 10 heteroatoms. The smallest absolute Gasteiger partial charge is 0.251 e. The number of nitrogens with zero attached hydrogens (tertiary/aromatic N) is 5. The zero-order valence-corrected chi connectivity index (χ0v) is 15.7. The van der Waals surface area contributed by atoms with Gasteiger partial charge in [-0.15, -0.1) is 11.3 Å². The Labute approximate surface area is 162 Å². The van der Waals surface area contributed by atoms with Crippen LogP contribution in [0.3, 0.4) is 0 Å². The third-order valence-electron chi connectivity index (χ3n) is 3.88. The van der Waals surface area contributed by atoms with Gasteiger partial charge in [0.15, 0.2) is 5.82 Å². The number of anilines is 1. The number of amides is 1. The maximum absolute atomic E-state index is 12.6. The maximum Gasteiger partial charge on any atom is 0.251 e. The molecule has 27 heavy (non-hydrogen) atoms. The lowest BCUT2D eigenvalue weighted by Gasteiger charge is -2.10. The standard InChI is InChI=1S/C17H13ClN6O2S/c1-23-9-20-16(22-23)15-10(18)8-27-17(15)21-13(25)7-24-12-3-2-6-19-11(12)4-5-14(24)26/h2-6,8-9H,7H2,1H3,(H,21,25). The summed E-state index contributed by atoms with van der Waals surface area (Å²) in [6, 6.07) is 6.51. The molecule has 4 aromatic heterocycles. The fourth-order valence-electron chi connectivity index (χ4n) is 2.69. The molecule has 0 saturated carbocycles. The predicted molar refractivity (Wildman–Crippen MR) is 104 cm³/mol. The van der Waals surface area contributed by atoms with Crippen LogP contribution in [-0.4, -0.2) is 30.2 Å². The van der Waals surface area contributed by atoms with Crippen LogP contribution in [0.2, 0.25) is 5.02 Å². The molecule has 0 aliphatic carbocycles. The van der Waals surface area contributed by atoms with Crippen molar-refractivity contribution in [1.29, 1.82) is 0 Å². The Bertz CT molecular complexity index is 1210. The van der Waals surface area contributed by atoms with E-state index in [1.807, 2.05) is 0 Å². The minimum atomic E-state index is -0.357. The van der Waals surface area contributed by atoms with Crippen LogP contribution in [0.25, 0.3) is 22.4 Å². The Kier molecular flexibility index (Phi) is 4.46.